The summed E-state index contributed by atoms with van der Waals surface area (Å²) in [6, 6.07) is 11.9. The fraction of sp³-hybridized carbons (Fsp3) is 0.318. The number of hydrogen-bond acceptors (Lipinski definition) is 4. The molecular formula is C22H25N3O2S. The van der Waals surface area contributed by atoms with E-state index in [1.165, 1.54) is 29.3 Å². The highest BCUT2D eigenvalue weighted by Gasteiger charge is 2.19. The first-order valence-corrected chi connectivity index (χ1v) is 10.1. The summed E-state index contributed by atoms with van der Waals surface area (Å²) in [6.07, 6.45) is 2.93. The molecule has 0 fully saturated rings. The van der Waals surface area contributed by atoms with Crippen LogP contribution < -0.4 is 10.0 Å². The third-order valence-corrected chi connectivity index (χ3v) is 5.49. The lowest BCUT2D eigenvalue weighted by Gasteiger charge is -2.19. The van der Waals surface area contributed by atoms with Crippen LogP contribution in [0.1, 0.15) is 40.2 Å². The molecule has 0 bridgehead atoms. The van der Waals surface area contributed by atoms with Gasteiger partial charge in [0, 0.05) is 29.2 Å². The van der Waals surface area contributed by atoms with Gasteiger partial charge in [0.1, 0.15) is 0 Å². The molecule has 5 nitrogen and oxygen atoms in total. The molecule has 2 aromatic heterocycles. The number of rotatable bonds is 4. The molecule has 6 heteroatoms. The summed E-state index contributed by atoms with van der Waals surface area (Å²) in [7, 11) is 0. The van der Waals surface area contributed by atoms with Gasteiger partial charge in [0.25, 0.3) is 0 Å². The lowest BCUT2D eigenvalue weighted by Crippen LogP contribution is -2.23. The minimum atomic E-state index is -0.127. The number of benzene rings is 1. The van der Waals surface area contributed by atoms with Gasteiger partial charge >= 0.3 is 0 Å². The highest BCUT2D eigenvalue weighted by Crippen LogP contribution is 2.39. The fourth-order valence-electron chi connectivity index (χ4n) is 2.71. The second kappa shape index (κ2) is 7.72. The van der Waals surface area contributed by atoms with Crippen LogP contribution in [0.5, 0.6) is 0 Å². The van der Waals surface area contributed by atoms with Crippen molar-refractivity contribution in [2.45, 2.75) is 40.0 Å². The maximum atomic E-state index is 12.1. The van der Waals surface area contributed by atoms with Crippen LogP contribution in [0.3, 0.4) is 0 Å². The molecule has 1 aromatic carbocycles. The molecule has 0 aliphatic carbocycles. The number of anilines is 1. The molecule has 0 saturated carbocycles. The number of amides is 1. The molecular weight excluding hydrogens is 370 g/mol. The highest BCUT2D eigenvalue weighted by molar-refractivity contribution is 7.19. The van der Waals surface area contributed by atoms with E-state index in [0.717, 1.165) is 26.4 Å². The number of carbonyl (C=O) groups is 1. The third-order valence-electron chi connectivity index (χ3n) is 4.47. The van der Waals surface area contributed by atoms with Crippen LogP contribution in [-0.4, -0.2) is 10.9 Å². The molecule has 146 valence electrons. The van der Waals surface area contributed by atoms with E-state index >= 15 is 0 Å². The fourth-order valence-corrected chi connectivity index (χ4v) is 3.70. The minimum absolute atomic E-state index is 0.0691. The van der Waals surface area contributed by atoms with Crippen LogP contribution in [0.15, 0.2) is 48.8 Å². The van der Waals surface area contributed by atoms with Crippen molar-refractivity contribution in [1.29, 1.82) is 0 Å². The Morgan fingerprint density at radius 3 is 2.21 bits per heavy atom. The number of aromatic nitrogens is 2. The molecule has 0 aliphatic heterocycles. The predicted octanol–water partition coefficient (Wildman–Crippen LogP) is 5.00. The van der Waals surface area contributed by atoms with E-state index in [1.54, 1.807) is 12.1 Å². The topological polar surface area (TPSA) is 68.9 Å². The molecule has 0 atom stereocenters. The van der Waals surface area contributed by atoms with Gasteiger partial charge in [-0.15, -0.1) is 0 Å². The smallest absolute Gasteiger partial charge is 0.228 e. The normalized spacial score (nSPS) is 11.6. The summed E-state index contributed by atoms with van der Waals surface area (Å²) in [5.41, 5.74) is 3.98. The van der Waals surface area contributed by atoms with Crippen molar-refractivity contribution in [2.75, 3.05) is 5.32 Å². The maximum Gasteiger partial charge on any atom is 0.228 e. The lowest BCUT2D eigenvalue weighted by molar-refractivity contribution is -0.605. The van der Waals surface area contributed by atoms with Crippen molar-refractivity contribution in [3.63, 3.8) is 0 Å². The van der Waals surface area contributed by atoms with E-state index < -0.39 is 0 Å². The van der Waals surface area contributed by atoms with Gasteiger partial charge in [0.05, 0.1) is 10.6 Å². The Balaban J connectivity index is 2.06. The Kier molecular flexibility index (Phi) is 5.52. The van der Waals surface area contributed by atoms with Crippen LogP contribution in [0, 0.1) is 11.1 Å². The Morgan fingerprint density at radius 2 is 1.68 bits per heavy atom. The Morgan fingerprint density at radius 1 is 1.07 bits per heavy atom. The maximum absolute atomic E-state index is 12.1. The summed E-state index contributed by atoms with van der Waals surface area (Å²) in [6.45, 7) is 10.2. The molecule has 0 saturated heterocycles. The first kappa shape index (κ1) is 20.0. The second-order valence-electron chi connectivity index (χ2n) is 8.11. The largest absolute Gasteiger partial charge is 0.619 e. The number of hydrogen-bond donors (Lipinski definition) is 1. The van der Waals surface area contributed by atoms with E-state index in [-0.39, 0.29) is 17.2 Å². The van der Waals surface area contributed by atoms with Crippen LogP contribution in [0.25, 0.3) is 21.7 Å². The summed E-state index contributed by atoms with van der Waals surface area (Å²) in [5.74, 6) is -0.196. The second-order valence-corrected chi connectivity index (χ2v) is 9.11. The van der Waals surface area contributed by atoms with Crippen LogP contribution >= 0.6 is 11.3 Å². The predicted molar refractivity (Wildman–Crippen MR) is 114 cm³/mol. The average Bonchev–Trinajstić information content (AvgIpc) is 3.05. The van der Waals surface area contributed by atoms with Crippen molar-refractivity contribution < 1.29 is 9.52 Å². The zero-order valence-electron chi connectivity index (χ0n) is 16.8. The van der Waals surface area contributed by atoms with Crippen LogP contribution in [0.2, 0.25) is 0 Å². The molecule has 3 aromatic rings. The molecule has 0 aliphatic rings. The summed E-state index contributed by atoms with van der Waals surface area (Å²) in [5, 5.41) is 14.9. The molecule has 2 heterocycles. The van der Waals surface area contributed by atoms with Crippen molar-refractivity contribution in [2.24, 2.45) is 5.92 Å². The summed E-state index contributed by atoms with van der Waals surface area (Å²) in [4.78, 5) is 17.7. The lowest BCUT2D eigenvalue weighted by atomic mass is 9.86. The van der Waals surface area contributed by atoms with E-state index in [1.807, 2.05) is 13.8 Å². The van der Waals surface area contributed by atoms with E-state index in [4.69, 9.17) is 4.98 Å². The number of nitrogens with one attached hydrogen (secondary N) is 1. The Bertz CT molecular complexity index is 969. The van der Waals surface area contributed by atoms with Gasteiger partial charge in [0.15, 0.2) is 17.5 Å². The SMILES string of the molecule is CC(C)C(=O)Nc1nc(-c2ccc(C(C)(C)C)cc2)c(-c2cc[n+]([O-])cc2)s1. The van der Waals surface area contributed by atoms with E-state index in [9.17, 15) is 10.0 Å². The molecule has 28 heavy (non-hydrogen) atoms. The van der Waals surface area contributed by atoms with Gasteiger partial charge in [-0.25, -0.2) is 4.98 Å². The van der Waals surface area contributed by atoms with Gasteiger partial charge in [-0.2, -0.15) is 4.73 Å². The molecule has 0 spiro atoms. The Labute approximate surface area is 169 Å². The molecule has 1 amide bonds. The Hall–Kier alpha value is -2.73. The molecule has 0 unspecified atom stereocenters. The van der Waals surface area contributed by atoms with Gasteiger partial charge in [-0.1, -0.05) is 70.2 Å². The number of pyridine rings is 1. The molecule has 1 N–H and O–H groups in total. The first-order valence-electron chi connectivity index (χ1n) is 9.27. The van der Waals surface area contributed by atoms with E-state index in [0.29, 0.717) is 5.13 Å². The quantitative estimate of drug-likeness (QED) is 0.499. The third kappa shape index (κ3) is 4.39. The zero-order valence-corrected chi connectivity index (χ0v) is 17.6. The van der Waals surface area contributed by atoms with Gasteiger partial charge in [0.2, 0.25) is 5.91 Å². The highest BCUT2D eigenvalue weighted by atomic mass is 32.1. The molecule has 3 rings (SSSR count). The van der Waals surface area contributed by atoms with Gasteiger partial charge in [-0.3, -0.25) is 4.79 Å². The van der Waals surface area contributed by atoms with Crippen molar-refractivity contribution >= 4 is 22.4 Å². The molecule has 0 radical (unpaired) electrons. The number of nitrogens with zero attached hydrogens (tertiary/aromatic N) is 2. The monoisotopic (exact) mass is 395 g/mol. The van der Waals surface area contributed by atoms with Crippen molar-refractivity contribution in [3.8, 4) is 21.7 Å². The first-order chi connectivity index (χ1) is 13.1. The number of thiazole rings is 1. The van der Waals surface area contributed by atoms with Gasteiger partial charge in [-0.05, 0) is 11.0 Å². The summed E-state index contributed by atoms with van der Waals surface area (Å²) >= 11 is 1.41. The standard InChI is InChI=1S/C22H25N3O2S/c1-14(2)20(26)24-21-23-18(15-6-8-17(9-7-15)22(3,4)5)19(28-21)16-10-12-25(27)13-11-16/h6-14H,1-5H3,(H,23,24,26). The van der Waals surface area contributed by atoms with E-state index in [2.05, 4.69) is 50.4 Å². The number of carbonyl (C=O) groups excluding carboxylic acids is 1. The van der Waals surface area contributed by atoms with Crippen molar-refractivity contribution in [1.82, 2.24) is 4.98 Å². The van der Waals surface area contributed by atoms with Crippen LogP contribution in [-0.2, 0) is 10.2 Å². The summed E-state index contributed by atoms with van der Waals surface area (Å²) < 4.78 is 0.754. The zero-order chi connectivity index (χ0) is 20.5. The van der Waals surface area contributed by atoms with Crippen molar-refractivity contribution in [3.05, 3.63) is 59.6 Å². The van der Waals surface area contributed by atoms with Crippen LogP contribution in [0.4, 0.5) is 5.13 Å². The average molecular weight is 396 g/mol. The van der Waals surface area contributed by atoms with Gasteiger partial charge < -0.3 is 10.5 Å². The minimum Gasteiger partial charge on any atom is -0.619 e.